The Morgan fingerprint density at radius 2 is 1.81 bits per heavy atom. The van der Waals surface area contributed by atoms with Crippen LogP contribution in [0.1, 0.15) is 65.0 Å². The summed E-state index contributed by atoms with van der Waals surface area (Å²) in [4.78, 5) is 24.3. The van der Waals surface area contributed by atoms with Gasteiger partial charge in [-0.05, 0) is 32.4 Å². The van der Waals surface area contributed by atoms with Crippen molar-refractivity contribution in [1.82, 2.24) is 24.6 Å². The highest BCUT2D eigenvalue weighted by molar-refractivity contribution is 5.78. The highest BCUT2D eigenvalue weighted by Crippen LogP contribution is 2.26. The van der Waals surface area contributed by atoms with Crippen molar-refractivity contribution in [2.45, 2.75) is 59.3 Å². The fourth-order valence-electron chi connectivity index (χ4n) is 4.16. The van der Waals surface area contributed by atoms with Gasteiger partial charge in [0.05, 0.1) is 11.4 Å². The summed E-state index contributed by atoms with van der Waals surface area (Å²) in [5, 5.41) is 4.86. The Morgan fingerprint density at radius 3 is 2.51 bits per heavy atom. The molecule has 194 valence electrons. The minimum absolute atomic E-state index is 0.0400. The maximum Gasteiger partial charge on any atom is 0.250 e. The van der Waals surface area contributed by atoms with Gasteiger partial charge in [0.2, 0.25) is 5.91 Å². The Kier molecular flexibility index (Phi) is 11.0. The number of benzene rings is 1. The van der Waals surface area contributed by atoms with E-state index in [0.717, 1.165) is 48.3 Å². The van der Waals surface area contributed by atoms with Gasteiger partial charge < -0.3 is 4.90 Å². The number of carbonyl (C=O) groups excluding carboxylic acids is 1. The second-order valence-corrected chi connectivity index (χ2v) is 9.33. The molecule has 1 unspecified atom stereocenters. The van der Waals surface area contributed by atoms with Crippen LogP contribution in [0.3, 0.4) is 0 Å². The molecule has 2 heterocycles. The predicted molar refractivity (Wildman–Crippen MR) is 151 cm³/mol. The minimum Gasteiger partial charge on any atom is -0.342 e. The monoisotopic (exact) mass is 497 g/mol. The third kappa shape index (κ3) is 8.38. The normalized spacial score (nSPS) is 12.9. The van der Waals surface area contributed by atoms with E-state index >= 15 is 0 Å². The van der Waals surface area contributed by atoms with Crippen molar-refractivity contribution >= 4 is 5.91 Å². The van der Waals surface area contributed by atoms with Gasteiger partial charge in [0.25, 0.3) is 5.95 Å². The summed E-state index contributed by atoms with van der Waals surface area (Å²) in [5.74, 6) is 0.724. The van der Waals surface area contributed by atoms with Crippen LogP contribution in [-0.4, -0.2) is 43.6 Å². The standard InChI is InChI=1S/C31H39N5O/c1-5-7-9-11-16-25(3)22-30(37)35(21-14-8-6-2)24-26(4)29-23-28(27-17-12-10-13-18-27)34-36(29)31-32-19-15-20-33-31/h5,7,9-13,15-20,23,26H,6,8,14,21-22,24H2,1-4H3/b7-5-,11-9-,25-16+. The van der Waals surface area contributed by atoms with Gasteiger partial charge in [-0.3, -0.25) is 4.79 Å². The van der Waals surface area contributed by atoms with Gasteiger partial charge >= 0.3 is 0 Å². The first-order chi connectivity index (χ1) is 18.0. The first-order valence-electron chi connectivity index (χ1n) is 13.2. The van der Waals surface area contributed by atoms with Gasteiger partial charge in [0, 0.05) is 43.4 Å². The van der Waals surface area contributed by atoms with E-state index < -0.39 is 0 Å². The average molecular weight is 498 g/mol. The van der Waals surface area contributed by atoms with Gasteiger partial charge in [0.15, 0.2) is 0 Å². The van der Waals surface area contributed by atoms with E-state index in [1.165, 1.54) is 0 Å². The molecule has 0 N–H and O–H groups in total. The lowest BCUT2D eigenvalue weighted by molar-refractivity contribution is -0.130. The first kappa shape index (κ1) is 27.8. The molecule has 1 atom stereocenters. The molecule has 0 bridgehead atoms. The van der Waals surface area contributed by atoms with E-state index in [4.69, 9.17) is 5.10 Å². The highest BCUT2D eigenvalue weighted by Gasteiger charge is 2.23. The molecule has 0 saturated carbocycles. The fourth-order valence-corrected chi connectivity index (χ4v) is 4.16. The zero-order chi connectivity index (χ0) is 26.5. The van der Waals surface area contributed by atoms with Crippen LogP contribution < -0.4 is 0 Å². The number of hydrogen-bond donors (Lipinski definition) is 0. The Morgan fingerprint density at radius 1 is 1.05 bits per heavy atom. The van der Waals surface area contributed by atoms with Gasteiger partial charge in [-0.2, -0.15) is 5.10 Å². The van der Waals surface area contributed by atoms with Crippen molar-refractivity contribution in [3.8, 4) is 17.2 Å². The molecule has 0 radical (unpaired) electrons. The van der Waals surface area contributed by atoms with Crippen LogP contribution in [0.5, 0.6) is 0 Å². The zero-order valence-electron chi connectivity index (χ0n) is 22.5. The number of amides is 1. The van der Waals surface area contributed by atoms with Crippen molar-refractivity contribution < 1.29 is 4.79 Å². The van der Waals surface area contributed by atoms with Crippen LogP contribution in [0.2, 0.25) is 0 Å². The van der Waals surface area contributed by atoms with Crippen molar-refractivity contribution in [3.63, 3.8) is 0 Å². The van der Waals surface area contributed by atoms with E-state index in [-0.39, 0.29) is 11.8 Å². The molecule has 0 fully saturated rings. The van der Waals surface area contributed by atoms with Crippen LogP contribution in [0, 0.1) is 0 Å². The number of rotatable bonds is 13. The molecular formula is C31H39N5O. The quantitative estimate of drug-likeness (QED) is 0.190. The topological polar surface area (TPSA) is 63.9 Å². The molecule has 3 aromatic rings. The Hall–Kier alpha value is -3.80. The van der Waals surface area contributed by atoms with E-state index in [0.29, 0.717) is 18.9 Å². The minimum atomic E-state index is 0.0400. The van der Waals surface area contributed by atoms with Crippen molar-refractivity contribution in [2.75, 3.05) is 13.1 Å². The maximum absolute atomic E-state index is 13.4. The van der Waals surface area contributed by atoms with Crippen LogP contribution in [0.4, 0.5) is 0 Å². The van der Waals surface area contributed by atoms with Crippen LogP contribution in [0.15, 0.2) is 90.8 Å². The van der Waals surface area contributed by atoms with E-state index in [9.17, 15) is 4.79 Å². The highest BCUT2D eigenvalue weighted by atomic mass is 16.2. The molecule has 6 heteroatoms. The molecule has 2 aromatic heterocycles. The molecule has 0 saturated heterocycles. The molecule has 0 aliphatic heterocycles. The number of allylic oxidation sites excluding steroid dienone is 5. The Labute approximate surface area is 221 Å². The summed E-state index contributed by atoms with van der Waals surface area (Å²) in [5.41, 5.74) is 3.94. The summed E-state index contributed by atoms with van der Waals surface area (Å²) in [6.07, 6.45) is 17.0. The summed E-state index contributed by atoms with van der Waals surface area (Å²) < 4.78 is 1.82. The van der Waals surface area contributed by atoms with Crippen molar-refractivity contribution in [1.29, 1.82) is 0 Å². The fraction of sp³-hybridized carbons (Fsp3) is 0.355. The van der Waals surface area contributed by atoms with Gasteiger partial charge in [-0.25, -0.2) is 14.6 Å². The molecule has 1 aromatic carbocycles. The molecule has 0 spiro atoms. The van der Waals surface area contributed by atoms with Crippen LogP contribution in [0.25, 0.3) is 17.2 Å². The number of aromatic nitrogens is 4. The third-order valence-corrected chi connectivity index (χ3v) is 6.16. The molecular weight excluding hydrogens is 458 g/mol. The van der Waals surface area contributed by atoms with Crippen LogP contribution >= 0.6 is 0 Å². The lowest BCUT2D eigenvalue weighted by atomic mass is 10.0. The van der Waals surface area contributed by atoms with E-state index in [1.807, 2.05) is 84.1 Å². The number of hydrogen-bond acceptors (Lipinski definition) is 4. The number of carbonyl (C=O) groups is 1. The van der Waals surface area contributed by atoms with Crippen LogP contribution in [-0.2, 0) is 4.79 Å². The van der Waals surface area contributed by atoms with E-state index in [1.54, 1.807) is 18.5 Å². The molecule has 1 amide bonds. The van der Waals surface area contributed by atoms with Crippen molar-refractivity contribution in [3.05, 3.63) is 96.5 Å². The Balaban J connectivity index is 1.86. The zero-order valence-corrected chi connectivity index (χ0v) is 22.5. The molecule has 6 nitrogen and oxygen atoms in total. The Bertz CT molecular complexity index is 1190. The molecule has 3 rings (SSSR count). The second-order valence-electron chi connectivity index (χ2n) is 9.33. The van der Waals surface area contributed by atoms with E-state index in [2.05, 4.69) is 29.9 Å². The summed E-state index contributed by atoms with van der Waals surface area (Å²) >= 11 is 0. The third-order valence-electron chi connectivity index (χ3n) is 6.16. The maximum atomic E-state index is 13.4. The lowest BCUT2D eigenvalue weighted by Crippen LogP contribution is -2.35. The largest absolute Gasteiger partial charge is 0.342 e. The van der Waals surface area contributed by atoms with Gasteiger partial charge in [-0.15, -0.1) is 0 Å². The summed E-state index contributed by atoms with van der Waals surface area (Å²) in [6, 6.07) is 14.0. The molecule has 0 aliphatic rings. The lowest BCUT2D eigenvalue weighted by Gasteiger charge is -2.26. The molecule has 0 aliphatic carbocycles. The van der Waals surface area contributed by atoms with Gasteiger partial charge in [0.1, 0.15) is 0 Å². The molecule has 37 heavy (non-hydrogen) atoms. The predicted octanol–water partition coefficient (Wildman–Crippen LogP) is 6.92. The first-order valence-corrected chi connectivity index (χ1v) is 13.2. The number of unbranched alkanes of at least 4 members (excludes halogenated alkanes) is 2. The average Bonchev–Trinajstić information content (AvgIpc) is 3.37. The number of nitrogens with zero attached hydrogens (tertiary/aromatic N) is 5. The smallest absolute Gasteiger partial charge is 0.250 e. The second kappa shape index (κ2) is 14.7. The summed E-state index contributed by atoms with van der Waals surface area (Å²) in [6.45, 7) is 9.69. The van der Waals surface area contributed by atoms with Crippen molar-refractivity contribution in [2.24, 2.45) is 0 Å². The van der Waals surface area contributed by atoms with Gasteiger partial charge in [-0.1, -0.05) is 93.0 Å². The SMILES string of the molecule is C\C=C/C=C\C=C(/C)CC(=O)N(CCCCC)CC(C)c1cc(-c2ccccc2)nn1-c1ncccn1. The summed E-state index contributed by atoms with van der Waals surface area (Å²) in [7, 11) is 0.